The minimum atomic E-state index is -0.241. The summed E-state index contributed by atoms with van der Waals surface area (Å²) in [5, 5.41) is 13.2. The SMILES string of the molecule is CCn1nc(-c2cc(OC)ccc2OC)cc(CC#N)c1=O. The minimum Gasteiger partial charge on any atom is -0.497 e. The van der Waals surface area contributed by atoms with Crippen molar-refractivity contribution in [1.29, 1.82) is 5.26 Å². The highest BCUT2D eigenvalue weighted by Crippen LogP contribution is 2.32. The maximum Gasteiger partial charge on any atom is 0.271 e. The van der Waals surface area contributed by atoms with Gasteiger partial charge in [0.2, 0.25) is 0 Å². The van der Waals surface area contributed by atoms with E-state index >= 15 is 0 Å². The highest BCUT2D eigenvalue weighted by Gasteiger charge is 2.13. The van der Waals surface area contributed by atoms with Gasteiger partial charge in [-0.2, -0.15) is 10.4 Å². The van der Waals surface area contributed by atoms with Crippen LogP contribution in [0.3, 0.4) is 0 Å². The summed E-state index contributed by atoms with van der Waals surface area (Å²) in [5.74, 6) is 1.28. The average molecular weight is 299 g/mol. The van der Waals surface area contributed by atoms with Gasteiger partial charge >= 0.3 is 0 Å². The average Bonchev–Trinajstić information content (AvgIpc) is 2.56. The van der Waals surface area contributed by atoms with E-state index in [9.17, 15) is 4.79 Å². The molecule has 0 aliphatic carbocycles. The quantitative estimate of drug-likeness (QED) is 0.844. The van der Waals surface area contributed by atoms with Gasteiger partial charge in [0, 0.05) is 17.7 Å². The fourth-order valence-electron chi connectivity index (χ4n) is 2.17. The Morgan fingerprint density at radius 1 is 1.27 bits per heavy atom. The maximum absolute atomic E-state index is 12.1. The molecule has 0 unspecified atom stereocenters. The molecule has 0 atom stereocenters. The Hall–Kier alpha value is -2.81. The third-order valence-corrected chi connectivity index (χ3v) is 3.30. The molecule has 0 saturated heterocycles. The van der Waals surface area contributed by atoms with E-state index in [2.05, 4.69) is 5.10 Å². The number of benzene rings is 1. The zero-order chi connectivity index (χ0) is 16.1. The fourth-order valence-corrected chi connectivity index (χ4v) is 2.17. The van der Waals surface area contributed by atoms with Crippen molar-refractivity contribution >= 4 is 0 Å². The molecule has 0 radical (unpaired) electrons. The number of rotatable bonds is 5. The first-order chi connectivity index (χ1) is 10.6. The molecule has 2 rings (SSSR count). The van der Waals surface area contributed by atoms with E-state index < -0.39 is 0 Å². The zero-order valence-electron chi connectivity index (χ0n) is 12.8. The summed E-state index contributed by atoms with van der Waals surface area (Å²) in [5.41, 5.74) is 1.46. The van der Waals surface area contributed by atoms with Crippen molar-refractivity contribution in [2.45, 2.75) is 19.9 Å². The zero-order valence-corrected chi connectivity index (χ0v) is 12.8. The minimum absolute atomic E-state index is 0.0423. The van der Waals surface area contributed by atoms with Gasteiger partial charge in [0.15, 0.2) is 0 Å². The molecule has 0 N–H and O–H groups in total. The van der Waals surface area contributed by atoms with Gasteiger partial charge in [-0.15, -0.1) is 0 Å². The molecular formula is C16H17N3O3. The molecule has 0 spiro atoms. The molecule has 1 aromatic carbocycles. The predicted octanol–water partition coefficient (Wildman–Crippen LogP) is 2.01. The monoisotopic (exact) mass is 299 g/mol. The highest BCUT2D eigenvalue weighted by atomic mass is 16.5. The second-order valence-corrected chi connectivity index (χ2v) is 4.58. The van der Waals surface area contributed by atoms with Gasteiger partial charge in [-0.05, 0) is 31.2 Å². The lowest BCUT2D eigenvalue weighted by molar-refractivity contribution is 0.404. The Morgan fingerprint density at radius 3 is 2.64 bits per heavy atom. The standard InChI is InChI=1S/C16H17N3O3/c1-4-19-16(20)11(7-8-17)9-14(18-19)13-10-12(21-2)5-6-15(13)22-3/h5-6,9-10H,4,7H2,1-3H3. The van der Waals surface area contributed by atoms with Crippen molar-refractivity contribution in [3.8, 4) is 28.8 Å². The van der Waals surface area contributed by atoms with Crippen LogP contribution in [0.15, 0.2) is 29.1 Å². The molecule has 0 amide bonds. The molecule has 114 valence electrons. The van der Waals surface area contributed by atoms with E-state index in [4.69, 9.17) is 14.7 Å². The molecule has 1 aromatic heterocycles. The molecule has 1 heterocycles. The van der Waals surface area contributed by atoms with Crippen LogP contribution in [0, 0.1) is 11.3 Å². The molecule has 0 saturated carbocycles. The Morgan fingerprint density at radius 2 is 2.05 bits per heavy atom. The third kappa shape index (κ3) is 2.93. The van der Waals surface area contributed by atoms with Crippen molar-refractivity contribution in [2.24, 2.45) is 0 Å². The molecule has 22 heavy (non-hydrogen) atoms. The van der Waals surface area contributed by atoms with Gasteiger partial charge in [0.25, 0.3) is 5.56 Å². The molecule has 0 bridgehead atoms. The predicted molar refractivity (Wildman–Crippen MR) is 82.0 cm³/mol. The summed E-state index contributed by atoms with van der Waals surface area (Å²) in [4.78, 5) is 12.1. The van der Waals surface area contributed by atoms with Gasteiger partial charge in [-0.1, -0.05) is 0 Å². The van der Waals surface area contributed by atoms with Crippen LogP contribution in [-0.2, 0) is 13.0 Å². The van der Waals surface area contributed by atoms with Crippen LogP contribution in [0.2, 0.25) is 0 Å². The first-order valence-electron chi connectivity index (χ1n) is 6.85. The second-order valence-electron chi connectivity index (χ2n) is 4.58. The Kier molecular flexibility index (Phi) is 4.79. The summed E-state index contributed by atoms with van der Waals surface area (Å²) in [6.45, 7) is 2.26. The number of methoxy groups -OCH3 is 2. The van der Waals surface area contributed by atoms with Crippen LogP contribution in [0.5, 0.6) is 11.5 Å². The van der Waals surface area contributed by atoms with Crippen molar-refractivity contribution < 1.29 is 9.47 Å². The second kappa shape index (κ2) is 6.76. The van der Waals surface area contributed by atoms with E-state index in [1.165, 1.54) is 4.68 Å². The Bertz CT molecular complexity index is 775. The summed E-state index contributed by atoms with van der Waals surface area (Å²) in [6.07, 6.45) is 0.0423. The van der Waals surface area contributed by atoms with Crippen molar-refractivity contribution in [3.05, 3.63) is 40.2 Å². The van der Waals surface area contributed by atoms with Crippen molar-refractivity contribution in [3.63, 3.8) is 0 Å². The molecular weight excluding hydrogens is 282 g/mol. The smallest absolute Gasteiger partial charge is 0.271 e. The molecule has 0 fully saturated rings. The Labute approximate surface area is 128 Å². The summed E-state index contributed by atoms with van der Waals surface area (Å²) >= 11 is 0. The van der Waals surface area contributed by atoms with Crippen LogP contribution in [0.4, 0.5) is 0 Å². The number of nitriles is 1. The number of aromatic nitrogens is 2. The van der Waals surface area contributed by atoms with Gasteiger partial charge in [0.05, 0.1) is 32.4 Å². The van der Waals surface area contributed by atoms with Gasteiger partial charge in [0.1, 0.15) is 11.5 Å². The van der Waals surface area contributed by atoms with Crippen molar-refractivity contribution in [2.75, 3.05) is 14.2 Å². The number of hydrogen-bond acceptors (Lipinski definition) is 5. The fraction of sp³-hybridized carbons (Fsp3) is 0.312. The van der Waals surface area contributed by atoms with E-state index in [-0.39, 0.29) is 12.0 Å². The van der Waals surface area contributed by atoms with Crippen LogP contribution in [0.1, 0.15) is 12.5 Å². The van der Waals surface area contributed by atoms with E-state index in [0.29, 0.717) is 34.9 Å². The number of ether oxygens (including phenoxy) is 2. The van der Waals surface area contributed by atoms with E-state index in [1.54, 1.807) is 38.5 Å². The lowest BCUT2D eigenvalue weighted by atomic mass is 10.1. The summed E-state index contributed by atoms with van der Waals surface area (Å²) in [6, 6.07) is 9.00. The molecule has 0 aliphatic heterocycles. The molecule has 6 heteroatoms. The topological polar surface area (TPSA) is 77.1 Å². The normalized spacial score (nSPS) is 10.1. The first kappa shape index (κ1) is 15.6. The van der Waals surface area contributed by atoms with Gasteiger partial charge < -0.3 is 9.47 Å². The first-order valence-corrected chi connectivity index (χ1v) is 6.85. The largest absolute Gasteiger partial charge is 0.497 e. The highest BCUT2D eigenvalue weighted by molar-refractivity contribution is 5.69. The Balaban J connectivity index is 2.69. The van der Waals surface area contributed by atoms with Gasteiger partial charge in [-0.25, -0.2) is 4.68 Å². The van der Waals surface area contributed by atoms with Crippen LogP contribution in [-0.4, -0.2) is 24.0 Å². The third-order valence-electron chi connectivity index (χ3n) is 3.30. The lowest BCUT2D eigenvalue weighted by Gasteiger charge is -2.12. The van der Waals surface area contributed by atoms with Crippen LogP contribution >= 0.6 is 0 Å². The van der Waals surface area contributed by atoms with E-state index in [1.807, 2.05) is 13.0 Å². The molecule has 6 nitrogen and oxygen atoms in total. The lowest BCUT2D eigenvalue weighted by Crippen LogP contribution is -2.25. The van der Waals surface area contributed by atoms with Gasteiger partial charge in [-0.3, -0.25) is 4.79 Å². The maximum atomic E-state index is 12.1. The van der Waals surface area contributed by atoms with E-state index in [0.717, 1.165) is 0 Å². The van der Waals surface area contributed by atoms with Crippen LogP contribution in [0.25, 0.3) is 11.3 Å². The summed E-state index contributed by atoms with van der Waals surface area (Å²) < 4.78 is 11.9. The molecule has 0 aliphatic rings. The van der Waals surface area contributed by atoms with Crippen molar-refractivity contribution in [1.82, 2.24) is 9.78 Å². The number of aryl methyl sites for hydroxylation is 1. The number of nitrogens with zero attached hydrogens (tertiary/aromatic N) is 3. The summed E-state index contributed by atoms with van der Waals surface area (Å²) in [7, 11) is 3.14. The molecule has 2 aromatic rings. The number of hydrogen-bond donors (Lipinski definition) is 0. The van der Waals surface area contributed by atoms with Crippen LogP contribution < -0.4 is 15.0 Å².